The standard InChI is InChI=1S/C19H26N4O3/c1-13-6-8-14(9-7-13)20-16(24)11-23(5)12-17(25)21-18-10-15(22-26-18)19(2,3)4/h6-10H,11-12H2,1-5H3,(H,20,24)(H,21,25)/p+1. The molecule has 140 valence electrons. The predicted molar refractivity (Wildman–Crippen MR) is 100 cm³/mol. The van der Waals surface area contributed by atoms with Gasteiger partial charge in [0, 0.05) is 17.2 Å². The average Bonchev–Trinajstić information content (AvgIpc) is 2.97. The SMILES string of the molecule is Cc1ccc(NC(=O)C[NH+](C)CC(=O)Nc2cc(C(C)(C)C)no2)cc1. The van der Waals surface area contributed by atoms with Gasteiger partial charge in [0.25, 0.3) is 11.8 Å². The Kier molecular flexibility index (Phi) is 6.15. The maximum Gasteiger partial charge on any atom is 0.281 e. The Morgan fingerprint density at radius 2 is 1.65 bits per heavy atom. The van der Waals surface area contributed by atoms with Crippen molar-refractivity contribution in [3.8, 4) is 0 Å². The predicted octanol–water partition coefficient (Wildman–Crippen LogP) is 1.37. The second kappa shape index (κ2) is 8.14. The Balaban J connectivity index is 1.80. The van der Waals surface area contributed by atoms with Crippen molar-refractivity contribution in [3.63, 3.8) is 0 Å². The van der Waals surface area contributed by atoms with Crippen LogP contribution in [0.4, 0.5) is 11.6 Å². The molecule has 1 aromatic heterocycles. The zero-order chi connectivity index (χ0) is 19.3. The number of quaternary nitrogens is 1. The number of anilines is 2. The van der Waals surface area contributed by atoms with Crippen molar-refractivity contribution in [3.05, 3.63) is 41.6 Å². The van der Waals surface area contributed by atoms with Crippen LogP contribution in [-0.2, 0) is 15.0 Å². The van der Waals surface area contributed by atoms with Crippen LogP contribution in [0.25, 0.3) is 0 Å². The molecule has 0 aliphatic heterocycles. The van der Waals surface area contributed by atoms with Crippen LogP contribution in [-0.4, -0.2) is 37.1 Å². The van der Waals surface area contributed by atoms with Gasteiger partial charge in [0.15, 0.2) is 13.1 Å². The highest BCUT2D eigenvalue weighted by Gasteiger charge is 2.21. The molecule has 0 spiro atoms. The monoisotopic (exact) mass is 359 g/mol. The summed E-state index contributed by atoms with van der Waals surface area (Å²) >= 11 is 0. The lowest BCUT2D eigenvalue weighted by Gasteiger charge is -2.13. The fraction of sp³-hybridized carbons (Fsp3) is 0.421. The van der Waals surface area contributed by atoms with Gasteiger partial charge in [0.1, 0.15) is 0 Å². The molecule has 7 heteroatoms. The first-order valence-electron chi connectivity index (χ1n) is 8.58. The van der Waals surface area contributed by atoms with Crippen LogP contribution in [0.3, 0.4) is 0 Å². The summed E-state index contributed by atoms with van der Waals surface area (Å²) in [6.07, 6.45) is 0. The zero-order valence-electron chi connectivity index (χ0n) is 16.0. The van der Waals surface area contributed by atoms with E-state index in [0.717, 1.165) is 21.8 Å². The quantitative estimate of drug-likeness (QED) is 0.727. The van der Waals surface area contributed by atoms with Crippen molar-refractivity contribution in [2.75, 3.05) is 30.8 Å². The van der Waals surface area contributed by atoms with Gasteiger partial charge in [-0.1, -0.05) is 43.6 Å². The average molecular weight is 359 g/mol. The van der Waals surface area contributed by atoms with E-state index in [9.17, 15) is 9.59 Å². The van der Waals surface area contributed by atoms with E-state index in [0.29, 0.717) is 5.88 Å². The Morgan fingerprint density at radius 3 is 2.19 bits per heavy atom. The van der Waals surface area contributed by atoms with Gasteiger partial charge in [-0.3, -0.25) is 14.9 Å². The van der Waals surface area contributed by atoms with Gasteiger partial charge in [0.05, 0.1) is 12.7 Å². The molecular weight excluding hydrogens is 332 g/mol. The highest BCUT2D eigenvalue weighted by molar-refractivity contribution is 5.92. The largest absolute Gasteiger partial charge is 0.338 e. The first-order chi connectivity index (χ1) is 12.1. The van der Waals surface area contributed by atoms with Crippen molar-refractivity contribution in [1.82, 2.24) is 5.16 Å². The van der Waals surface area contributed by atoms with E-state index in [1.807, 2.05) is 52.0 Å². The highest BCUT2D eigenvalue weighted by atomic mass is 16.5. The Hall–Kier alpha value is -2.67. The van der Waals surface area contributed by atoms with Crippen LogP contribution in [0.2, 0.25) is 0 Å². The molecule has 1 unspecified atom stereocenters. The molecule has 2 rings (SSSR count). The molecule has 7 nitrogen and oxygen atoms in total. The molecule has 0 saturated heterocycles. The minimum atomic E-state index is -0.234. The Morgan fingerprint density at radius 1 is 1.08 bits per heavy atom. The van der Waals surface area contributed by atoms with Crippen LogP contribution in [0.5, 0.6) is 0 Å². The Bertz CT molecular complexity index is 760. The topological polar surface area (TPSA) is 88.7 Å². The number of benzene rings is 1. The number of aryl methyl sites for hydroxylation is 1. The van der Waals surface area contributed by atoms with E-state index in [2.05, 4.69) is 15.8 Å². The van der Waals surface area contributed by atoms with E-state index in [-0.39, 0.29) is 30.3 Å². The number of likely N-dealkylation sites (N-methyl/N-ethyl adjacent to an activating group) is 1. The number of nitrogens with zero attached hydrogens (tertiary/aromatic N) is 1. The third kappa shape index (κ3) is 6.00. The normalized spacial score (nSPS) is 12.5. The first-order valence-corrected chi connectivity index (χ1v) is 8.58. The van der Waals surface area contributed by atoms with Gasteiger partial charge in [-0.15, -0.1) is 0 Å². The number of amides is 2. The summed E-state index contributed by atoms with van der Waals surface area (Å²) in [5, 5.41) is 9.46. The second-order valence-electron chi connectivity index (χ2n) is 7.60. The number of hydrogen-bond donors (Lipinski definition) is 3. The Labute approximate surface area is 153 Å². The molecule has 2 amide bonds. The lowest BCUT2D eigenvalue weighted by Crippen LogP contribution is -3.11. The smallest absolute Gasteiger partial charge is 0.281 e. The fourth-order valence-corrected chi connectivity index (χ4v) is 2.32. The number of nitrogens with one attached hydrogen (secondary N) is 3. The summed E-state index contributed by atoms with van der Waals surface area (Å²) in [7, 11) is 1.79. The molecule has 0 aliphatic rings. The molecule has 1 atom stereocenters. The highest BCUT2D eigenvalue weighted by Crippen LogP contribution is 2.23. The molecular formula is C19H27N4O3+. The van der Waals surface area contributed by atoms with Crippen LogP contribution in [0, 0.1) is 6.92 Å². The lowest BCUT2D eigenvalue weighted by atomic mass is 9.92. The van der Waals surface area contributed by atoms with Gasteiger partial charge >= 0.3 is 0 Å². The van der Waals surface area contributed by atoms with Crippen molar-refractivity contribution >= 4 is 23.4 Å². The van der Waals surface area contributed by atoms with E-state index in [4.69, 9.17) is 4.52 Å². The molecule has 2 aromatic rings. The molecule has 0 aliphatic carbocycles. The zero-order valence-corrected chi connectivity index (χ0v) is 16.0. The summed E-state index contributed by atoms with van der Waals surface area (Å²) in [6, 6.07) is 9.29. The third-order valence-electron chi connectivity index (χ3n) is 3.80. The van der Waals surface area contributed by atoms with Gasteiger partial charge in [0.2, 0.25) is 5.88 Å². The van der Waals surface area contributed by atoms with E-state index in [1.165, 1.54) is 0 Å². The van der Waals surface area contributed by atoms with Gasteiger partial charge in [-0.05, 0) is 19.1 Å². The molecule has 3 N–H and O–H groups in total. The summed E-state index contributed by atoms with van der Waals surface area (Å²) in [5.41, 5.74) is 2.49. The van der Waals surface area contributed by atoms with Crippen molar-refractivity contribution < 1.29 is 19.0 Å². The first kappa shape index (κ1) is 19.7. The molecule has 0 radical (unpaired) electrons. The van der Waals surface area contributed by atoms with Crippen molar-refractivity contribution in [1.29, 1.82) is 0 Å². The minimum Gasteiger partial charge on any atom is -0.338 e. The molecule has 1 aromatic carbocycles. The van der Waals surface area contributed by atoms with E-state index in [1.54, 1.807) is 13.1 Å². The van der Waals surface area contributed by atoms with Crippen molar-refractivity contribution in [2.45, 2.75) is 33.1 Å². The van der Waals surface area contributed by atoms with Gasteiger partial charge in [-0.25, -0.2) is 0 Å². The van der Waals surface area contributed by atoms with Crippen LogP contribution >= 0.6 is 0 Å². The minimum absolute atomic E-state index is 0.145. The summed E-state index contributed by atoms with van der Waals surface area (Å²) < 4.78 is 5.14. The fourth-order valence-electron chi connectivity index (χ4n) is 2.32. The summed E-state index contributed by atoms with van der Waals surface area (Å²) in [4.78, 5) is 24.9. The van der Waals surface area contributed by atoms with E-state index < -0.39 is 0 Å². The maximum absolute atomic E-state index is 12.1. The van der Waals surface area contributed by atoms with Gasteiger partial charge in [-0.2, -0.15) is 0 Å². The lowest BCUT2D eigenvalue weighted by molar-refractivity contribution is -0.862. The number of rotatable bonds is 6. The third-order valence-corrected chi connectivity index (χ3v) is 3.80. The summed E-state index contributed by atoms with van der Waals surface area (Å²) in [5.74, 6) is -0.0621. The second-order valence-corrected chi connectivity index (χ2v) is 7.60. The molecule has 26 heavy (non-hydrogen) atoms. The molecule has 0 saturated carbocycles. The van der Waals surface area contributed by atoms with Gasteiger partial charge < -0.3 is 14.7 Å². The van der Waals surface area contributed by atoms with Crippen molar-refractivity contribution in [2.24, 2.45) is 0 Å². The number of carbonyl (C=O) groups excluding carboxylic acids is 2. The summed E-state index contributed by atoms with van der Waals surface area (Å²) in [6.45, 7) is 8.36. The number of aromatic nitrogens is 1. The number of carbonyl (C=O) groups is 2. The number of hydrogen-bond acceptors (Lipinski definition) is 4. The maximum atomic E-state index is 12.1. The molecule has 0 bridgehead atoms. The van der Waals surface area contributed by atoms with Crippen LogP contribution in [0.1, 0.15) is 32.0 Å². The van der Waals surface area contributed by atoms with Crippen LogP contribution < -0.4 is 15.5 Å². The van der Waals surface area contributed by atoms with Crippen LogP contribution in [0.15, 0.2) is 34.9 Å². The van der Waals surface area contributed by atoms with E-state index >= 15 is 0 Å². The molecule has 1 heterocycles. The molecule has 0 fully saturated rings.